The van der Waals surface area contributed by atoms with Crippen molar-refractivity contribution in [1.29, 1.82) is 0 Å². The molecule has 0 spiro atoms. The van der Waals surface area contributed by atoms with E-state index >= 15 is 0 Å². The van der Waals surface area contributed by atoms with Gasteiger partial charge in [0.2, 0.25) is 0 Å². The fourth-order valence-corrected chi connectivity index (χ4v) is 4.26. The van der Waals surface area contributed by atoms with E-state index < -0.39 is 42.9 Å². The first-order valence-electron chi connectivity index (χ1n) is 12.8. The van der Waals surface area contributed by atoms with E-state index in [-0.39, 0.29) is 42.8 Å². The summed E-state index contributed by atoms with van der Waals surface area (Å²) in [4.78, 5) is 59.3. The van der Waals surface area contributed by atoms with Crippen molar-refractivity contribution < 1.29 is 33.2 Å². The van der Waals surface area contributed by atoms with Crippen molar-refractivity contribution in [3.8, 4) is 0 Å². The number of carbonyl (C=O) groups is 4. The van der Waals surface area contributed by atoms with Gasteiger partial charge >= 0.3 is 13.1 Å². The van der Waals surface area contributed by atoms with Crippen molar-refractivity contribution in [1.82, 2.24) is 15.3 Å². The van der Waals surface area contributed by atoms with Crippen LogP contribution in [0.4, 0.5) is 0 Å². The van der Waals surface area contributed by atoms with E-state index in [1.54, 1.807) is 13.8 Å². The fraction of sp³-hybridized carbons (Fsp3) is 0.481. The van der Waals surface area contributed by atoms with Gasteiger partial charge in [0.25, 0.3) is 11.9 Å². The lowest BCUT2D eigenvalue weighted by molar-refractivity contribution is -0.165. The standard InChI is InChI=1S/C27H34BN3O7/c1-17(2)12-20(28-37-24(15-25(33)38-28)27(35)36-18(3)4)14-23(32)21(13-19-8-6-5-7-9-19)31-26(34)22-16-29-10-11-30-22/h5-11,16-18,20-21,24H,12-15H2,1-4H3,(H,31,34)/t20-,21+,24-/m1/s1. The smallest absolute Gasteiger partial charge is 0.509 e. The molecular weight excluding hydrogens is 489 g/mol. The molecule has 0 unspecified atom stereocenters. The number of esters is 1. The van der Waals surface area contributed by atoms with E-state index in [1.807, 2.05) is 44.2 Å². The molecule has 0 radical (unpaired) electrons. The average Bonchev–Trinajstić information content (AvgIpc) is 2.88. The normalized spacial score (nSPS) is 17.1. The molecule has 202 valence electrons. The number of nitrogens with zero attached hydrogens (tertiary/aromatic N) is 2. The number of rotatable bonds is 12. The highest BCUT2D eigenvalue weighted by Gasteiger charge is 2.45. The van der Waals surface area contributed by atoms with Crippen LogP contribution in [0.1, 0.15) is 63.0 Å². The molecule has 0 bridgehead atoms. The van der Waals surface area contributed by atoms with Gasteiger partial charge in [-0.15, -0.1) is 0 Å². The molecule has 1 N–H and O–H groups in total. The molecule has 2 heterocycles. The maximum atomic E-state index is 13.7. The third-order valence-electron chi connectivity index (χ3n) is 5.91. The lowest BCUT2D eigenvalue weighted by Crippen LogP contribution is -2.48. The van der Waals surface area contributed by atoms with Gasteiger partial charge in [0, 0.05) is 24.6 Å². The minimum Gasteiger partial charge on any atom is -0.509 e. The van der Waals surface area contributed by atoms with E-state index in [4.69, 9.17) is 14.0 Å². The third-order valence-corrected chi connectivity index (χ3v) is 5.91. The highest BCUT2D eigenvalue weighted by molar-refractivity contribution is 6.50. The summed E-state index contributed by atoms with van der Waals surface area (Å²) in [7, 11) is -1.10. The third kappa shape index (κ3) is 8.76. The molecular formula is C27H34BN3O7. The zero-order chi connectivity index (χ0) is 27.7. The number of amides is 1. The Kier molecular flexibility index (Phi) is 10.5. The van der Waals surface area contributed by atoms with Gasteiger partial charge in [-0.2, -0.15) is 0 Å². The number of Topliss-reactive ketones (excluding diaryl/α,β-unsaturated/α-hetero) is 1. The molecule has 1 fully saturated rings. The molecule has 1 aromatic carbocycles. The first-order valence-corrected chi connectivity index (χ1v) is 12.8. The van der Waals surface area contributed by atoms with Gasteiger partial charge in [-0.25, -0.2) is 9.78 Å². The second-order valence-corrected chi connectivity index (χ2v) is 10.0. The van der Waals surface area contributed by atoms with Gasteiger partial charge in [0.05, 0.1) is 24.8 Å². The van der Waals surface area contributed by atoms with Crippen molar-refractivity contribution in [2.45, 2.75) is 77.4 Å². The van der Waals surface area contributed by atoms with Crippen LogP contribution in [0, 0.1) is 5.92 Å². The zero-order valence-corrected chi connectivity index (χ0v) is 22.2. The molecule has 38 heavy (non-hydrogen) atoms. The number of hydrogen-bond donors (Lipinski definition) is 1. The Morgan fingerprint density at radius 1 is 1.13 bits per heavy atom. The van der Waals surface area contributed by atoms with Gasteiger partial charge < -0.3 is 19.4 Å². The molecule has 0 saturated carbocycles. The minimum atomic E-state index is -1.11. The highest BCUT2D eigenvalue weighted by Crippen LogP contribution is 2.31. The van der Waals surface area contributed by atoms with Crippen LogP contribution in [0.25, 0.3) is 0 Å². The maximum Gasteiger partial charge on any atom is 0.531 e. The average molecular weight is 523 g/mol. The summed E-state index contributed by atoms with van der Waals surface area (Å²) in [6.07, 6.45) is 3.16. The molecule has 1 aromatic heterocycles. The Balaban J connectivity index is 1.80. The molecule has 1 amide bonds. The van der Waals surface area contributed by atoms with Crippen LogP contribution in [0.5, 0.6) is 0 Å². The Morgan fingerprint density at radius 3 is 2.50 bits per heavy atom. The largest absolute Gasteiger partial charge is 0.531 e. The number of nitrogens with one attached hydrogen (secondary N) is 1. The number of aromatic nitrogens is 2. The van der Waals surface area contributed by atoms with E-state index in [1.165, 1.54) is 18.6 Å². The molecule has 2 aromatic rings. The second-order valence-electron chi connectivity index (χ2n) is 10.0. The number of hydrogen-bond acceptors (Lipinski definition) is 9. The van der Waals surface area contributed by atoms with Crippen LogP contribution in [-0.4, -0.2) is 59.0 Å². The van der Waals surface area contributed by atoms with E-state index in [9.17, 15) is 19.2 Å². The topological polar surface area (TPSA) is 134 Å². The Morgan fingerprint density at radius 2 is 1.87 bits per heavy atom. The zero-order valence-electron chi connectivity index (χ0n) is 22.2. The summed E-state index contributed by atoms with van der Waals surface area (Å²) in [6, 6.07) is 8.45. The number of benzene rings is 1. The van der Waals surface area contributed by atoms with Gasteiger partial charge in [0.15, 0.2) is 11.9 Å². The first kappa shape index (κ1) is 29.0. The molecule has 0 aliphatic carbocycles. The van der Waals surface area contributed by atoms with Crippen molar-refractivity contribution in [2.24, 2.45) is 5.92 Å². The summed E-state index contributed by atoms with van der Waals surface area (Å²) in [5, 5.41) is 2.79. The van der Waals surface area contributed by atoms with Crippen LogP contribution in [0.2, 0.25) is 5.82 Å². The summed E-state index contributed by atoms with van der Waals surface area (Å²) >= 11 is 0. The SMILES string of the molecule is CC(C)C[C@H](CC(=O)[C@H](Cc1ccccc1)NC(=O)c1cnccn1)B1OC(=O)C[C@H](C(=O)OC(C)C)O1. The molecule has 1 saturated heterocycles. The van der Waals surface area contributed by atoms with Gasteiger partial charge in [-0.3, -0.25) is 19.4 Å². The molecule has 11 heteroatoms. The van der Waals surface area contributed by atoms with Crippen molar-refractivity contribution in [3.05, 3.63) is 60.2 Å². The Bertz CT molecular complexity index is 1100. The number of ketones is 1. The Hall–Kier alpha value is -3.60. The lowest BCUT2D eigenvalue weighted by Gasteiger charge is -2.32. The monoisotopic (exact) mass is 523 g/mol. The number of carbonyl (C=O) groups excluding carboxylic acids is 4. The summed E-state index contributed by atoms with van der Waals surface area (Å²) in [5.74, 6) is -2.42. The second kappa shape index (κ2) is 13.8. The van der Waals surface area contributed by atoms with Gasteiger partial charge in [0.1, 0.15) is 5.69 Å². The maximum absolute atomic E-state index is 13.7. The summed E-state index contributed by atoms with van der Waals surface area (Å²) < 4.78 is 16.5. The molecule has 10 nitrogen and oxygen atoms in total. The quantitative estimate of drug-likeness (QED) is 0.329. The molecule has 1 aliphatic rings. The van der Waals surface area contributed by atoms with Crippen LogP contribution in [-0.2, 0) is 34.9 Å². The number of ether oxygens (including phenoxy) is 1. The predicted octanol–water partition coefficient (Wildman–Crippen LogP) is 2.97. The Labute approximate surface area is 223 Å². The summed E-state index contributed by atoms with van der Waals surface area (Å²) in [6.45, 7) is 7.37. The lowest BCUT2D eigenvalue weighted by atomic mass is 9.64. The highest BCUT2D eigenvalue weighted by atomic mass is 16.7. The summed E-state index contributed by atoms with van der Waals surface area (Å²) in [5.41, 5.74) is 0.954. The fourth-order valence-electron chi connectivity index (χ4n) is 4.26. The van der Waals surface area contributed by atoms with Crippen molar-refractivity contribution in [2.75, 3.05) is 0 Å². The van der Waals surface area contributed by atoms with Gasteiger partial charge in [-0.05, 0) is 38.2 Å². The van der Waals surface area contributed by atoms with Crippen molar-refractivity contribution >= 4 is 30.7 Å². The van der Waals surface area contributed by atoms with Crippen LogP contribution in [0.15, 0.2) is 48.9 Å². The van der Waals surface area contributed by atoms with Crippen LogP contribution in [0.3, 0.4) is 0 Å². The first-order chi connectivity index (χ1) is 18.1. The molecule has 3 atom stereocenters. The molecule has 3 rings (SSSR count). The van der Waals surface area contributed by atoms with Crippen LogP contribution < -0.4 is 5.32 Å². The van der Waals surface area contributed by atoms with Crippen LogP contribution >= 0.6 is 0 Å². The van der Waals surface area contributed by atoms with E-state index in [0.717, 1.165) is 5.56 Å². The van der Waals surface area contributed by atoms with E-state index in [2.05, 4.69) is 15.3 Å². The van der Waals surface area contributed by atoms with Crippen molar-refractivity contribution in [3.63, 3.8) is 0 Å². The van der Waals surface area contributed by atoms with Gasteiger partial charge in [-0.1, -0.05) is 44.2 Å². The minimum absolute atomic E-state index is 0.0413. The van der Waals surface area contributed by atoms with E-state index in [0.29, 0.717) is 6.42 Å². The predicted molar refractivity (Wildman–Crippen MR) is 139 cm³/mol. The molecule has 1 aliphatic heterocycles.